The Labute approximate surface area is 163 Å². The monoisotopic (exact) mass is 415 g/mol. The fourth-order valence-corrected chi connectivity index (χ4v) is 5.27. The highest BCUT2D eigenvalue weighted by Crippen LogP contribution is 2.45. The van der Waals surface area contributed by atoms with Crippen LogP contribution < -0.4 is 0 Å². The first-order valence-corrected chi connectivity index (χ1v) is 10.7. The van der Waals surface area contributed by atoms with Gasteiger partial charge in [-0.15, -0.1) is 0 Å². The van der Waals surface area contributed by atoms with Gasteiger partial charge in [0.1, 0.15) is 0 Å². The van der Waals surface area contributed by atoms with Crippen LogP contribution >= 0.6 is 0 Å². The zero-order chi connectivity index (χ0) is 20.7. The van der Waals surface area contributed by atoms with E-state index in [1.807, 2.05) is 6.92 Å². The largest absolute Gasteiger partial charge is 0.395 e. The summed E-state index contributed by atoms with van der Waals surface area (Å²) >= 11 is 0. The van der Waals surface area contributed by atoms with Crippen molar-refractivity contribution in [3.63, 3.8) is 0 Å². The smallest absolute Gasteiger partial charge is 0.299 e. The van der Waals surface area contributed by atoms with E-state index in [9.17, 15) is 26.9 Å². The predicted octanol–water partition coefficient (Wildman–Crippen LogP) is 3.35. The van der Waals surface area contributed by atoms with E-state index in [0.717, 1.165) is 19.8 Å². The molecule has 2 aliphatic rings. The molecule has 0 aromatic heterocycles. The van der Waals surface area contributed by atoms with Gasteiger partial charge in [-0.25, -0.2) is 8.42 Å². The Balaban J connectivity index is 1.70. The fraction of sp³-hybridized carbons (Fsp3) is 0.632. The Hall–Kier alpha value is -1.63. The molecule has 1 saturated heterocycles. The van der Waals surface area contributed by atoms with Gasteiger partial charge in [0, 0.05) is 32.2 Å². The Morgan fingerprint density at radius 2 is 1.86 bits per heavy atom. The average molecular weight is 415 g/mol. The van der Waals surface area contributed by atoms with Crippen LogP contribution in [0.4, 0.5) is 13.2 Å². The fourth-order valence-electron chi connectivity index (χ4n) is 3.65. The van der Waals surface area contributed by atoms with Crippen LogP contribution in [0.1, 0.15) is 38.2 Å². The highest BCUT2D eigenvalue weighted by Gasteiger charge is 2.46. The normalized spacial score (nSPS) is 24.5. The van der Waals surface area contributed by atoms with E-state index < -0.39 is 22.1 Å². The molecule has 1 saturated carbocycles. The minimum atomic E-state index is -4.37. The molecule has 0 N–H and O–H groups in total. The molecule has 1 aromatic rings. The second-order valence-electron chi connectivity index (χ2n) is 7.92. The summed E-state index contributed by atoms with van der Waals surface area (Å²) in [5.74, 6) is -1.65. The number of nitrogens with zero attached hydrogens (tertiary/aromatic N) is 3. The van der Waals surface area contributed by atoms with Crippen LogP contribution in [-0.2, 0) is 10.0 Å². The standard InChI is InChI=1S/C19H24F3N3O2S/c1-14-11-24(13-18(12-23)7-8-18)9-10-25(14)28(26,27)17-5-3-16(4-6-17)15(2)19(20,21)22/h3-6,14-15H,7-11,13H2,1-2H3/t14-,15?/m1/s1. The molecule has 2 fully saturated rings. The van der Waals surface area contributed by atoms with Gasteiger partial charge in [0.2, 0.25) is 10.0 Å². The number of benzene rings is 1. The summed E-state index contributed by atoms with van der Waals surface area (Å²) in [5.41, 5.74) is -0.235. The lowest BCUT2D eigenvalue weighted by Crippen LogP contribution is -2.54. The van der Waals surface area contributed by atoms with Crippen molar-refractivity contribution >= 4 is 10.0 Å². The maximum atomic E-state index is 13.0. The quantitative estimate of drug-likeness (QED) is 0.740. The lowest BCUT2D eigenvalue weighted by molar-refractivity contribution is -0.146. The number of halogens is 3. The summed E-state index contributed by atoms with van der Waals surface area (Å²) in [4.78, 5) is 2.13. The molecule has 1 aromatic carbocycles. The van der Waals surface area contributed by atoms with E-state index in [2.05, 4.69) is 11.0 Å². The van der Waals surface area contributed by atoms with E-state index in [1.165, 1.54) is 28.6 Å². The van der Waals surface area contributed by atoms with Crippen LogP contribution in [-0.4, -0.2) is 56.0 Å². The number of alkyl halides is 3. The number of hydrogen-bond donors (Lipinski definition) is 0. The Morgan fingerprint density at radius 1 is 1.25 bits per heavy atom. The predicted molar refractivity (Wildman–Crippen MR) is 98.0 cm³/mol. The molecule has 0 amide bonds. The maximum Gasteiger partial charge on any atom is 0.395 e. The third kappa shape index (κ3) is 4.19. The minimum absolute atomic E-state index is 0.00149. The summed E-state index contributed by atoms with van der Waals surface area (Å²) in [6.07, 6.45) is -2.59. The van der Waals surface area contributed by atoms with E-state index in [4.69, 9.17) is 0 Å². The number of sulfonamides is 1. The Morgan fingerprint density at radius 3 is 2.32 bits per heavy atom. The molecule has 1 heterocycles. The molecule has 0 spiro atoms. The number of hydrogen-bond acceptors (Lipinski definition) is 4. The molecule has 1 aliphatic carbocycles. The van der Waals surface area contributed by atoms with Crippen LogP contribution in [0, 0.1) is 16.7 Å². The molecule has 3 rings (SSSR count). The van der Waals surface area contributed by atoms with Gasteiger partial charge in [-0.3, -0.25) is 4.90 Å². The van der Waals surface area contributed by atoms with Gasteiger partial charge in [0.25, 0.3) is 0 Å². The van der Waals surface area contributed by atoms with Gasteiger partial charge in [0.15, 0.2) is 0 Å². The van der Waals surface area contributed by atoms with Crippen molar-refractivity contribution in [2.45, 2.75) is 49.7 Å². The van der Waals surface area contributed by atoms with Crippen LogP contribution in [0.25, 0.3) is 0 Å². The molecule has 28 heavy (non-hydrogen) atoms. The molecule has 9 heteroatoms. The molecule has 5 nitrogen and oxygen atoms in total. The van der Waals surface area contributed by atoms with Gasteiger partial charge in [-0.1, -0.05) is 12.1 Å². The second kappa shape index (κ2) is 7.32. The van der Waals surface area contributed by atoms with Crippen molar-refractivity contribution in [3.8, 4) is 6.07 Å². The van der Waals surface area contributed by atoms with Gasteiger partial charge < -0.3 is 0 Å². The topological polar surface area (TPSA) is 64.4 Å². The van der Waals surface area contributed by atoms with Crippen molar-refractivity contribution in [2.24, 2.45) is 5.41 Å². The summed E-state index contributed by atoms with van der Waals surface area (Å²) in [5, 5.41) is 9.24. The van der Waals surface area contributed by atoms with Crippen molar-refractivity contribution in [3.05, 3.63) is 29.8 Å². The highest BCUT2D eigenvalue weighted by atomic mass is 32.2. The van der Waals surface area contributed by atoms with Crippen LogP contribution in [0.2, 0.25) is 0 Å². The van der Waals surface area contributed by atoms with Crippen molar-refractivity contribution in [1.29, 1.82) is 5.26 Å². The van der Waals surface area contributed by atoms with Gasteiger partial charge >= 0.3 is 6.18 Å². The molecule has 1 aliphatic heterocycles. The van der Waals surface area contributed by atoms with Crippen LogP contribution in [0.5, 0.6) is 0 Å². The Bertz CT molecular complexity index is 858. The average Bonchev–Trinajstić information content (AvgIpc) is 3.40. The first-order valence-electron chi connectivity index (χ1n) is 9.31. The van der Waals surface area contributed by atoms with Gasteiger partial charge in [-0.05, 0) is 44.4 Å². The van der Waals surface area contributed by atoms with Crippen LogP contribution in [0.15, 0.2) is 29.2 Å². The third-order valence-electron chi connectivity index (χ3n) is 5.75. The Kier molecular flexibility index (Phi) is 5.51. The van der Waals surface area contributed by atoms with E-state index in [1.54, 1.807) is 0 Å². The summed E-state index contributed by atoms with van der Waals surface area (Å²) in [6.45, 7) is 4.90. The lowest BCUT2D eigenvalue weighted by Gasteiger charge is -2.39. The molecule has 0 bridgehead atoms. The lowest BCUT2D eigenvalue weighted by atomic mass is 10.0. The second-order valence-corrected chi connectivity index (χ2v) is 9.81. The summed E-state index contributed by atoms with van der Waals surface area (Å²) < 4.78 is 65.9. The maximum absolute atomic E-state index is 13.0. The first-order chi connectivity index (χ1) is 13.0. The zero-order valence-corrected chi connectivity index (χ0v) is 16.7. The first kappa shape index (κ1) is 21.1. The third-order valence-corrected chi connectivity index (χ3v) is 7.77. The summed E-state index contributed by atoms with van der Waals surface area (Å²) in [6, 6.07) is 7.04. The van der Waals surface area contributed by atoms with E-state index >= 15 is 0 Å². The zero-order valence-electron chi connectivity index (χ0n) is 15.9. The molecular weight excluding hydrogens is 391 g/mol. The number of nitriles is 1. The summed E-state index contributed by atoms with van der Waals surface area (Å²) in [7, 11) is -3.79. The molecule has 0 radical (unpaired) electrons. The van der Waals surface area contributed by atoms with Gasteiger partial charge in [-0.2, -0.15) is 22.7 Å². The number of piperazine rings is 1. The highest BCUT2D eigenvalue weighted by molar-refractivity contribution is 7.89. The molecule has 1 unspecified atom stereocenters. The van der Waals surface area contributed by atoms with E-state index in [-0.39, 0.29) is 21.9 Å². The van der Waals surface area contributed by atoms with E-state index in [0.29, 0.717) is 26.2 Å². The SMILES string of the molecule is CC(c1ccc(S(=O)(=O)N2CCN(CC3(C#N)CC3)C[C@H]2C)cc1)C(F)(F)F. The van der Waals surface area contributed by atoms with Gasteiger partial charge in [0.05, 0.1) is 22.3 Å². The van der Waals surface area contributed by atoms with Crippen molar-refractivity contribution < 1.29 is 21.6 Å². The molecule has 154 valence electrons. The molecule has 2 atom stereocenters. The van der Waals surface area contributed by atoms with Crippen LogP contribution in [0.3, 0.4) is 0 Å². The number of rotatable bonds is 5. The van der Waals surface area contributed by atoms with Crippen molar-refractivity contribution in [2.75, 3.05) is 26.2 Å². The molecular formula is C19H24F3N3O2S. The minimum Gasteiger partial charge on any atom is -0.299 e. The van der Waals surface area contributed by atoms with Crippen molar-refractivity contribution in [1.82, 2.24) is 9.21 Å².